The maximum atomic E-state index is 12.2. The molecule has 1 aromatic carbocycles. The molecule has 3 heteroatoms. The van der Waals surface area contributed by atoms with Crippen LogP contribution < -0.4 is 5.32 Å². The molecule has 1 atom stereocenters. The molecule has 0 radical (unpaired) electrons. The monoisotopic (exact) mass is 246 g/mol. The van der Waals surface area contributed by atoms with E-state index in [1.807, 2.05) is 11.9 Å². The van der Waals surface area contributed by atoms with Crippen molar-refractivity contribution in [3.05, 3.63) is 34.9 Å². The van der Waals surface area contributed by atoms with Gasteiger partial charge >= 0.3 is 0 Å². The molecule has 0 saturated carbocycles. The van der Waals surface area contributed by atoms with Gasteiger partial charge in [0.15, 0.2) is 0 Å². The summed E-state index contributed by atoms with van der Waals surface area (Å²) < 4.78 is 0. The first-order valence-corrected chi connectivity index (χ1v) is 6.60. The zero-order chi connectivity index (χ0) is 13.1. The fourth-order valence-corrected chi connectivity index (χ4v) is 2.39. The lowest BCUT2D eigenvalue weighted by Gasteiger charge is -2.24. The third-order valence-electron chi connectivity index (χ3n) is 3.90. The topological polar surface area (TPSA) is 32.3 Å². The maximum absolute atomic E-state index is 12.2. The Bertz CT molecular complexity index is 436. The molecule has 0 aromatic heterocycles. The third-order valence-corrected chi connectivity index (χ3v) is 3.90. The number of benzene rings is 1. The summed E-state index contributed by atoms with van der Waals surface area (Å²) in [5.74, 6) is 0.215. The number of aryl methyl sites for hydroxylation is 2. The molecule has 1 N–H and O–H groups in total. The Morgan fingerprint density at radius 2 is 2.17 bits per heavy atom. The number of amides is 1. The SMILES string of the molecule is Cc1ccc(CC(=O)N(C)C2CCNC2)cc1C. The highest BCUT2D eigenvalue weighted by Crippen LogP contribution is 2.13. The standard InChI is InChI=1S/C15H22N2O/c1-11-4-5-13(8-12(11)2)9-15(18)17(3)14-6-7-16-10-14/h4-5,8,14,16H,6-7,9-10H2,1-3H3. The Labute approximate surface area is 109 Å². The van der Waals surface area contributed by atoms with Gasteiger partial charge in [-0.25, -0.2) is 0 Å². The van der Waals surface area contributed by atoms with Gasteiger partial charge < -0.3 is 10.2 Å². The highest BCUT2D eigenvalue weighted by Gasteiger charge is 2.22. The van der Waals surface area contributed by atoms with Gasteiger partial charge in [-0.1, -0.05) is 18.2 Å². The highest BCUT2D eigenvalue weighted by atomic mass is 16.2. The van der Waals surface area contributed by atoms with Crippen molar-refractivity contribution in [2.75, 3.05) is 20.1 Å². The van der Waals surface area contributed by atoms with E-state index >= 15 is 0 Å². The van der Waals surface area contributed by atoms with Gasteiger partial charge in [0.05, 0.1) is 6.42 Å². The van der Waals surface area contributed by atoms with Crippen molar-refractivity contribution < 1.29 is 4.79 Å². The van der Waals surface area contributed by atoms with Crippen molar-refractivity contribution in [2.24, 2.45) is 0 Å². The largest absolute Gasteiger partial charge is 0.341 e. The van der Waals surface area contributed by atoms with Crippen molar-refractivity contribution in [2.45, 2.75) is 32.7 Å². The number of carbonyl (C=O) groups is 1. The van der Waals surface area contributed by atoms with Crippen molar-refractivity contribution in [1.82, 2.24) is 10.2 Å². The molecular formula is C15H22N2O. The Morgan fingerprint density at radius 3 is 2.78 bits per heavy atom. The Hall–Kier alpha value is -1.35. The first-order chi connectivity index (χ1) is 8.58. The molecule has 3 nitrogen and oxygen atoms in total. The first-order valence-electron chi connectivity index (χ1n) is 6.60. The molecule has 1 fully saturated rings. The zero-order valence-corrected chi connectivity index (χ0v) is 11.5. The van der Waals surface area contributed by atoms with Crippen molar-refractivity contribution in [3.8, 4) is 0 Å². The number of likely N-dealkylation sites (N-methyl/N-ethyl adjacent to an activating group) is 1. The number of carbonyl (C=O) groups excluding carboxylic acids is 1. The smallest absolute Gasteiger partial charge is 0.227 e. The lowest BCUT2D eigenvalue weighted by molar-refractivity contribution is -0.130. The predicted octanol–water partition coefficient (Wildman–Crippen LogP) is 1.67. The molecule has 98 valence electrons. The van der Waals surface area contributed by atoms with Crippen LogP contribution in [-0.2, 0) is 11.2 Å². The molecule has 1 aromatic rings. The van der Waals surface area contributed by atoms with Gasteiger partial charge in [-0.2, -0.15) is 0 Å². The van der Waals surface area contributed by atoms with E-state index in [0.717, 1.165) is 25.1 Å². The number of hydrogen-bond donors (Lipinski definition) is 1. The summed E-state index contributed by atoms with van der Waals surface area (Å²) in [6.45, 7) is 6.13. The maximum Gasteiger partial charge on any atom is 0.227 e. The second kappa shape index (κ2) is 5.53. The molecule has 1 saturated heterocycles. The van der Waals surface area contributed by atoms with Gasteiger partial charge in [-0.05, 0) is 43.5 Å². The second-order valence-electron chi connectivity index (χ2n) is 5.25. The van der Waals surface area contributed by atoms with E-state index in [0.29, 0.717) is 12.5 Å². The Morgan fingerprint density at radius 1 is 1.39 bits per heavy atom. The molecule has 0 aliphatic carbocycles. The fourth-order valence-electron chi connectivity index (χ4n) is 2.39. The minimum Gasteiger partial charge on any atom is -0.341 e. The van der Waals surface area contributed by atoms with Crippen LogP contribution >= 0.6 is 0 Å². The van der Waals surface area contributed by atoms with E-state index in [2.05, 4.69) is 37.4 Å². The van der Waals surface area contributed by atoms with Gasteiger partial charge in [0.1, 0.15) is 0 Å². The van der Waals surface area contributed by atoms with Crippen molar-refractivity contribution in [3.63, 3.8) is 0 Å². The molecule has 1 aliphatic heterocycles. The van der Waals surface area contributed by atoms with Gasteiger partial charge in [-0.3, -0.25) is 4.79 Å². The minimum atomic E-state index is 0.215. The summed E-state index contributed by atoms with van der Waals surface area (Å²) in [6.07, 6.45) is 1.57. The first kappa shape index (κ1) is 13.1. The summed E-state index contributed by atoms with van der Waals surface area (Å²) in [5, 5.41) is 3.29. The summed E-state index contributed by atoms with van der Waals surface area (Å²) >= 11 is 0. The zero-order valence-electron chi connectivity index (χ0n) is 11.5. The van der Waals surface area contributed by atoms with Crippen molar-refractivity contribution in [1.29, 1.82) is 0 Å². The minimum absolute atomic E-state index is 0.215. The van der Waals surface area contributed by atoms with Crippen LogP contribution in [0.3, 0.4) is 0 Å². The highest BCUT2D eigenvalue weighted by molar-refractivity contribution is 5.79. The lowest BCUT2D eigenvalue weighted by atomic mass is 10.0. The number of nitrogens with zero attached hydrogens (tertiary/aromatic N) is 1. The molecule has 1 unspecified atom stereocenters. The summed E-state index contributed by atoms with van der Waals surface area (Å²) in [4.78, 5) is 14.1. The molecule has 18 heavy (non-hydrogen) atoms. The average molecular weight is 246 g/mol. The molecule has 1 amide bonds. The molecule has 0 spiro atoms. The molecule has 1 aliphatic rings. The van der Waals surface area contributed by atoms with Crippen LogP contribution in [0.4, 0.5) is 0 Å². The van der Waals surface area contributed by atoms with Gasteiger partial charge in [0, 0.05) is 19.6 Å². The van der Waals surface area contributed by atoms with Gasteiger partial charge in [-0.15, -0.1) is 0 Å². The summed E-state index contributed by atoms with van der Waals surface area (Å²) in [6, 6.07) is 6.63. The van der Waals surface area contributed by atoms with E-state index in [9.17, 15) is 4.79 Å². The van der Waals surface area contributed by atoms with E-state index in [-0.39, 0.29) is 5.91 Å². The van der Waals surface area contributed by atoms with Gasteiger partial charge in [0.25, 0.3) is 0 Å². The van der Waals surface area contributed by atoms with Crippen LogP contribution in [0.1, 0.15) is 23.1 Å². The lowest BCUT2D eigenvalue weighted by Crippen LogP contribution is -2.39. The van der Waals surface area contributed by atoms with Crippen LogP contribution in [0.2, 0.25) is 0 Å². The van der Waals surface area contributed by atoms with Crippen LogP contribution in [-0.4, -0.2) is 37.0 Å². The van der Waals surface area contributed by atoms with E-state index in [1.165, 1.54) is 11.1 Å². The van der Waals surface area contributed by atoms with E-state index in [1.54, 1.807) is 0 Å². The molecule has 0 bridgehead atoms. The van der Waals surface area contributed by atoms with Crippen LogP contribution in [0.25, 0.3) is 0 Å². The second-order valence-corrected chi connectivity index (χ2v) is 5.25. The number of hydrogen-bond acceptors (Lipinski definition) is 2. The van der Waals surface area contributed by atoms with Crippen LogP contribution in [0.5, 0.6) is 0 Å². The molecule has 1 heterocycles. The fraction of sp³-hybridized carbons (Fsp3) is 0.533. The van der Waals surface area contributed by atoms with E-state index in [4.69, 9.17) is 0 Å². The third kappa shape index (κ3) is 2.91. The van der Waals surface area contributed by atoms with E-state index < -0.39 is 0 Å². The molecule has 2 rings (SSSR count). The normalized spacial score (nSPS) is 18.9. The summed E-state index contributed by atoms with van der Waals surface area (Å²) in [7, 11) is 1.92. The summed E-state index contributed by atoms with van der Waals surface area (Å²) in [5.41, 5.74) is 3.64. The van der Waals surface area contributed by atoms with Crippen LogP contribution in [0.15, 0.2) is 18.2 Å². The van der Waals surface area contributed by atoms with Crippen molar-refractivity contribution >= 4 is 5.91 Å². The number of rotatable bonds is 3. The van der Waals surface area contributed by atoms with Crippen LogP contribution in [0, 0.1) is 13.8 Å². The average Bonchev–Trinajstić information content (AvgIpc) is 2.86. The number of nitrogens with one attached hydrogen (secondary N) is 1. The predicted molar refractivity (Wildman–Crippen MR) is 73.7 cm³/mol. The van der Waals surface area contributed by atoms with Gasteiger partial charge in [0.2, 0.25) is 5.91 Å². The Kier molecular flexibility index (Phi) is 4.02. The Balaban J connectivity index is 1.99. The quantitative estimate of drug-likeness (QED) is 0.880. The molecular weight excluding hydrogens is 224 g/mol.